The van der Waals surface area contributed by atoms with Gasteiger partial charge in [-0.2, -0.15) is 0 Å². The molecule has 0 bridgehead atoms. The summed E-state index contributed by atoms with van der Waals surface area (Å²) < 4.78 is 2.12. The van der Waals surface area contributed by atoms with Crippen LogP contribution in [0.3, 0.4) is 0 Å². The van der Waals surface area contributed by atoms with E-state index in [1.165, 1.54) is 17.8 Å². The van der Waals surface area contributed by atoms with E-state index in [-0.39, 0.29) is 23.6 Å². The minimum absolute atomic E-state index is 0.0947. The highest BCUT2D eigenvalue weighted by molar-refractivity contribution is 6.30. The van der Waals surface area contributed by atoms with Crippen molar-refractivity contribution in [3.05, 3.63) is 56.3 Å². The van der Waals surface area contributed by atoms with E-state index in [0.29, 0.717) is 16.4 Å². The smallest absolute Gasteiger partial charge is 0.332 e. The quantitative estimate of drug-likeness (QED) is 0.728. The second-order valence-corrected chi connectivity index (χ2v) is 6.83. The van der Waals surface area contributed by atoms with E-state index in [4.69, 9.17) is 11.6 Å². The van der Waals surface area contributed by atoms with E-state index in [9.17, 15) is 14.4 Å². The Morgan fingerprint density at radius 2 is 1.89 bits per heavy atom. The summed E-state index contributed by atoms with van der Waals surface area (Å²) in [5.74, 6) is -0.0499. The molecule has 27 heavy (non-hydrogen) atoms. The minimum atomic E-state index is -0.618. The molecule has 0 radical (unpaired) electrons. The predicted octanol–water partition coefficient (Wildman–Crippen LogP) is 1.34. The highest BCUT2D eigenvalue weighted by Gasteiger charge is 2.16. The fourth-order valence-electron chi connectivity index (χ4n) is 2.67. The second kappa shape index (κ2) is 7.32. The molecule has 0 aliphatic carbocycles. The summed E-state index contributed by atoms with van der Waals surface area (Å²) in [5.41, 5.74) is -0.318. The van der Waals surface area contributed by atoms with Crippen LogP contribution in [0.15, 0.2) is 40.1 Å². The Balaban J connectivity index is 2.12. The van der Waals surface area contributed by atoms with Crippen LogP contribution in [-0.2, 0) is 18.4 Å². The molecule has 1 aromatic carbocycles. The van der Waals surface area contributed by atoms with Crippen molar-refractivity contribution in [2.24, 2.45) is 7.05 Å². The Morgan fingerprint density at radius 1 is 1.22 bits per heavy atom. The molecule has 8 nitrogen and oxygen atoms in total. The molecule has 0 saturated heterocycles. The molecular weight excluding hydrogens is 370 g/mol. The van der Waals surface area contributed by atoms with Gasteiger partial charge in [0.25, 0.3) is 5.56 Å². The number of aryl methyl sites for hydroxylation is 1. The Morgan fingerprint density at radius 3 is 2.52 bits per heavy atom. The van der Waals surface area contributed by atoms with Crippen LogP contribution in [0.2, 0.25) is 5.02 Å². The maximum Gasteiger partial charge on any atom is 0.332 e. The lowest BCUT2D eigenvalue weighted by Crippen LogP contribution is -2.44. The first kappa shape index (κ1) is 18.8. The van der Waals surface area contributed by atoms with Gasteiger partial charge in [-0.05, 0) is 38.1 Å². The van der Waals surface area contributed by atoms with E-state index in [1.807, 2.05) is 0 Å². The first-order valence-corrected chi connectivity index (χ1v) is 8.67. The molecule has 0 saturated carbocycles. The van der Waals surface area contributed by atoms with Gasteiger partial charge >= 0.3 is 5.69 Å². The summed E-state index contributed by atoms with van der Waals surface area (Å²) in [4.78, 5) is 45.8. The van der Waals surface area contributed by atoms with Gasteiger partial charge < -0.3 is 5.32 Å². The SMILES string of the molecule is CC(C)NC(=O)Cn1c(=O)c2cnc(-c3ccc(Cl)cc3)nc2n(C)c1=O. The van der Waals surface area contributed by atoms with Crippen LogP contribution in [0.1, 0.15) is 13.8 Å². The minimum Gasteiger partial charge on any atom is -0.352 e. The van der Waals surface area contributed by atoms with Crippen LogP contribution >= 0.6 is 11.6 Å². The van der Waals surface area contributed by atoms with Crippen LogP contribution in [0.25, 0.3) is 22.4 Å². The molecule has 9 heteroatoms. The van der Waals surface area contributed by atoms with Gasteiger partial charge in [-0.3, -0.25) is 18.7 Å². The average Bonchev–Trinajstić information content (AvgIpc) is 2.63. The zero-order chi connectivity index (χ0) is 19.7. The zero-order valence-electron chi connectivity index (χ0n) is 15.1. The number of hydrogen-bond acceptors (Lipinski definition) is 5. The topological polar surface area (TPSA) is 98.9 Å². The monoisotopic (exact) mass is 387 g/mol. The van der Waals surface area contributed by atoms with Gasteiger partial charge in [0.2, 0.25) is 5.91 Å². The molecule has 140 valence electrons. The van der Waals surface area contributed by atoms with Crippen LogP contribution in [0, 0.1) is 0 Å². The predicted molar refractivity (Wildman–Crippen MR) is 103 cm³/mol. The van der Waals surface area contributed by atoms with Gasteiger partial charge in [-0.15, -0.1) is 0 Å². The molecule has 0 unspecified atom stereocenters. The lowest BCUT2D eigenvalue weighted by Gasteiger charge is -2.12. The van der Waals surface area contributed by atoms with Crippen molar-refractivity contribution in [2.45, 2.75) is 26.4 Å². The summed E-state index contributed by atoms with van der Waals surface area (Å²) >= 11 is 5.89. The van der Waals surface area contributed by atoms with Crippen molar-refractivity contribution in [1.82, 2.24) is 24.4 Å². The lowest BCUT2D eigenvalue weighted by molar-refractivity contribution is -0.122. The fraction of sp³-hybridized carbons (Fsp3) is 0.278. The lowest BCUT2D eigenvalue weighted by atomic mass is 10.2. The van der Waals surface area contributed by atoms with Crippen molar-refractivity contribution in [1.29, 1.82) is 0 Å². The number of rotatable bonds is 4. The van der Waals surface area contributed by atoms with E-state index in [2.05, 4.69) is 15.3 Å². The van der Waals surface area contributed by atoms with Crippen molar-refractivity contribution >= 4 is 28.5 Å². The molecule has 1 N–H and O–H groups in total. The van der Waals surface area contributed by atoms with Crippen LogP contribution in [0.5, 0.6) is 0 Å². The third-order valence-corrected chi connectivity index (χ3v) is 4.19. The molecule has 2 heterocycles. The van der Waals surface area contributed by atoms with Gasteiger partial charge in [0.1, 0.15) is 11.9 Å². The van der Waals surface area contributed by atoms with Crippen LogP contribution in [-0.4, -0.2) is 31.1 Å². The number of carbonyl (C=O) groups excluding carboxylic acids is 1. The van der Waals surface area contributed by atoms with Crippen LogP contribution in [0.4, 0.5) is 0 Å². The maximum atomic E-state index is 12.7. The summed E-state index contributed by atoms with van der Waals surface area (Å²) in [5, 5.41) is 3.40. The third kappa shape index (κ3) is 3.75. The van der Waals surface area contributed by atoms with E-state index < -0.39 is 17.2 Å². The zero-order valence-corrected chi connectivity index (χ0v) is 15.8. The second-order valence-electron chi connectivity index (χ2n) is 6.39. The number of amides is 1. The Bertz CT molecular complexity index is 1130. The van der Waals surface area contributed by atoms with Gasteiger partial charge in [0, 0.05) is 29.9 Å². The summed E-state index contributed by atoms with van der Waals surface area (Å²) in [6.07, 6.45) is 1.37. The molecule has 0 atom stereocenters. The highest BCUT2D eigenvalue weighted by atomic mass is 35.5. The van der Waals surface area contributed by atoms with Crippen molar-refractivity contribution in [3.8, 4) is 11.4 Å². The molecule has 0 aliphatic heterocycles. The third-order valence-electron chi connectivity index (χ3n) is 3.93. The van der Waals surface area contributed by atoms with Gasteiger partial charge in [-0.25, -0.2) is 14.8 Å². The highest BCUT2D eigenvalue weighted by Crippen LogP contribution is 2.19. The number of benzene rings is 1. The number of nitrogens with zero attached hydrogens (tertiary/aromatic N) is 4. The van der Waals surface area contributed by atoms with Crippen molar-refractivity contribution in [2.75, 3.05) is 0 Å². The molecular formula is C18H18ClN5O3. The largest absolute Gasteiger partial charge is 0.352 e. The Hall–Kier alpha value is -3.00. The van der Waals surface area contributed by atoms with E-state index in [0.717, 1.165) is 4.57 Å². The molecule has 3 rings (SSSR count). The van der Waals surface area contributed by atoms with Crippen LogP contribution < -0.4 is 16.6 Å². The number of nitrogens with one attached hydrogen (secondary N) is 1. The Kier molecular flexibility index (Phi) is 5.09. The normalized spacial score (nSPS) is 11.1. The molecule has 2 aromatic heterocycles. The summed E-state index contributed by atoms with van der Waals surface area (Å²) in [6, 6.07) is 6.81. The summed E-state index contributed by atoms with van der Waals surface area (Å²) in [6.45, 7) is 3.23. The van der Waals surface area contributed by atoms with Crippen molar-refractivity contribution in [3.63, 3.8) is 0 Å². The van der Waals surface area contributed by atoms with Gasteiger partial charge in [-0.1, -0.05) is 11.6 Å². The summed E-state index contributed by atoms with van der Waals surface area (Å²) in [7, 11) is 1.50. The first-order chi connectivity index (χ1) is 12.8. The molecule has 3 aromatic rings. The van der Waals surface area contributed by atoms with Gasteiger partial charge in [0.15, 0.2) is 11.5 Å². The van der Waals surface area contributed by atoms with E-state index in [1.54, 1.807) is 38.1 Å². The number of halogens is 1. The van der Waals surface area contributed by atoms with E-state index >= 15 is 0 Å². The maximum absolute atomic E-state index is 12.7. The number of aromatic nitrogens is 4. The number of carbonyl (C=O) groups is 1. The molecule has 0 aliphatic rings. The number of hydrogen-bond donors (Lipinski definition) is 1. The molecule has 1 amide bonds. The standard InChI is InChI=1S/C18H18ClN5O3/c1-10(2)21-14(25)9-24-17(26)13-8-20-15(11-4-6-12(19)7-5-11)22-16(13)23(3)18(24)27/h4-8,10H,9H2,1-3H3,(H,21,25). The first-order valence-electron chi connectivity index (χ1n) is 8.30. The average molecular weight is 388 g/mol. The molecule has 0 fully saturated rings. The molecule has 0 spiro atoms. The number of fused-ring (bicyclic) bond motifs is 1. The Labute approximate surface area is 159 Å². The van der Waals surface area contributed by atoms with Crippen molar-refractivity contribution < 1.29 is 4.79 Å². The fourth-order valence-corrected chi connectivity index (χ4v) is 2.80. The van der Waals surface area contributed by atoms with Gasteiger partial charge in [0.05, 0.1) is 0 Å².